The van der Waals surface area contributed by atoms with Crippen LogP contribution >= 0.6 is 0 Å². The predicted molar refractivity (Wildman–Crippen MR) is 69.4 cm³/mol. The minimum atomic E-state index is -0.760. The second-order valence-corrected chi connectivity index (χ2v) is 4.48. The lowest BCUT2D eigenvalue weighted by Gasteiger charge is -2.13. The van der Waals surface area contributed by atoms with E-state index in [-0.39, 0.29) is 5.82 Å². The summed E-state index contributed by atoms with van der Waals surface area (Å²) in [5, 5.41) is 13.7. The molecule has 0 aliphatic rings. The average molecular weight is 264 g/mol. The van der Waals surface area contributed by atoms with Crippen LogP contribution in [0.4, 0.5) is 4.39 Å². The molecule has 4 nitrogen and oxygen atoms in total. The first-order valence-electron chi connectivity index (χ1n) is 6.14. The Labute approximate surface area is 111 Å². The van der Waals surface area contributed by atoms with Crippen molar-refractivity contribution in [3.63, 3.8) is 0 Å². The molecule has 5 heteroatoms. The molecule has 0 amide bonds. The molecule has 19 heavy (non-hydrogen) atoms. The summed E-state index contributed by atoms with van der Waals surface area (Å²) < 4.78 is 20.5. The quantitative estimate of drug-likeness (QED) is 0.901. The minimum absolute atomic E-state index is 0.379. The summed E-state index contributed by atoms with van der Waals surface area (Å²) in [7, 11) is 1.86. The lowest BCUT2D eigenvalue weighted by molar-refractivity contribution is 0.191. The Kier molecular flexibility index (Phi) is 4.16. The fraction of sp³-hybridized carbons (Fsp3) is 0.357. The predicted octanol–water partition coefficient (Wildman–Crippen LogP) is 2.23. The van der Waals surface area contributed by atoms with Crippen molar-refractivity contribution in [1.82, 2.24) is 9.78 Å². The molecular formula is C14H17FN2O2. The van der Waals surface area contributed by atoms with E-state index in [4.69, 9.17) is 4.74 Å². The van der Waals surface area contributed by atoms with Gasteiger partial charge in [0.1, 0.15) is 11.6 Å². The first-order chi connectivity index (χ1) is 9.06. The Bertz CT molecular complexity index is 552. The van der Waals surface area contributed by atoms with Crippen molar-refractivity contribution in [1.29, 1.82) is 0 Å². The molecule has 0 aliphatic heterocycles. The first kappa shape index (κ1) is 13.5. The molecule has 1 unspecified atom stereocenters. The van der Waals surface area contributed by atoms with E-state index in [1.54, 1.807) is 23.9 Å². The van der Waals surface area contributed by atoms with Crippen LogP contribution in [0, 0.1) is 5.82 Å². The first-order valence-corrected chi connectivity index (χ1v) is 6.14. The third-order valence-electron chi connectivity index (χ3n) is 2.83. The topological polar surface area (TPSA) is 47.3 Å². The second-order valence-electron chi connectivity index (χ2n) is 4.48. The fourth-order valence-electron chi connectivity index (χ4n) is 1.86. The SMILES string of the molecule is CC(O)c1cc(F)ccc1OCCc1cnn(C)c1. The highest BCUT2D eigenvalue weighted by atomic mass is 19.1. The normalized spacial score (nSPS) is 12.4. The molecule has 102 valence electrons. The number of aliphatic hydroxyl groups is 1. The van der Waals surface area contributed by atoms with Crippen molar-refractivity contribution in [3.05, 3.63) is 47.5 Å². The van der Waals surface area contributed by atoms with E-state index in [0.29, 0.717) is 24.3 Å². The van der Waals surface area contributed by atoms with Crippen LogP contribution in [-0.2, 0) is 13.5 Å². The highest BCUT2D eigenvalue weighted by Crippen LogP contribution is 2.26. The maximum atomic E-state index is 13.1. The smallest absolute Gasteiger partial charge is 0.125 e. The van der Waals surface area contributed by atoms with Crippen molar-refractivity contribution in [2.75, 3.05) is 6.61 Å². The molecule has 0 bridgehead atoms. The minimum Gasteiger partial charge on any atom is -0.493 e. The van der Waals surface area contributed by atoms with Crippen LogP contribution in [-0.4, -0.2) is 21.5 Å². The van der Waals surface area contributed by atoms with Gasteiger partial charge in [0.05, 0.1) is 18.9 Å². The van der Waals surface area contributed by atoms with E-state index in [1.165, 1.54) is 12.1 Å². The molecule has 1 aromatic carbocycles. The molecule has 2 aromatic rings. The largest absolute Gasteiger partial charge is 0.493 e. The van der Waals surface area contributed by atoms with Gasteiger partial charge in [0.15, 0.2) is 0 Å². The highest BCUT2D eigenvalue weighted by Gasteiger charge is 2.10. The standard InChI is InChI=1S/C14H17FN2O2/c1-10(18)13-7-12(15)3-4-14(13)19-6-5-11-8-16-17(2)9-11/h3-4,7-10,18H,5-6H2,1-2H3. The second kappa shape index (κ2) is 5.84. The summed E-state index contributed by atoms with van der Waals surface area (Å²) in [6, 6.07) is 4.16. The van der Waals surface area contributed by atoms with Crippen LogP contribution in [0.1, 0.15) is 24.2 Å². The Morgan fingerprint density at radius 1 is 1.47 bits per heavy atom. The lowest BCUT2D eigenvalue weighted by atomic mass is 10.1. The number of ether oxygens (including phenoxy) is 1. The monoisotopic (exact) mass is 264 g/mol. The number of aliphatic hydroxyl groups excluding tert-OH is 1. The molecule has 1 aromatic heterocycles. The number of aryl methyl sites for hydroxylation is 1. The van der Waals surface area contributed by atoms with E-state index >= 15 is 0 Å². The summed E-state index contributed by atoms with van der Waals surface area (Å²) in [5.74, 6) is 0.135. The summed E-state index contributed by atoms with van der Waals surface area (Å²) >= 11 is 0. The van der Waals surface area contributed by atoms with Crippen molar-refractivity contribution >= 4 is 0 Å². The molecule has 0 spiro atoms. The Balaban J connectivity index is 1.99. The number of rotatable bonds is 5. The zero-order valence-electron chi connectivity index (χ0n) is 11.0. The van der Waals surface area contributed by atoms with Gasteiger partial charge in [-0.1, -0.05) is 0 Å². The van der Waals surface area contributed by atoms with Crippen LogP contribution in [0.25, 0.3) is 0 Å². The molecule has 1 heterocycles. The van der Waals surface area contributed by atoms with Gasteiger partial charge < -0.3 is 9.84 Å². The van der Waals surface area contributed by atoms with E-state index < -0.39 is 6.10 Å². The third kappa shape index (κ3) is 3.54. The van der Waals surface area contributed by atoms with E-state index in [9.17, 15) is 9.50 Å². The molecule has 1 N–H and O–H groups in total. The molecule has 0 radical (unpaired) electrons. The van der Waals surface area contributed by atoms with Crippen LogP contribution in [0.15, 0.2) is 30.6 Å². The number of nitrogens with zero attached hydrogens (tertiary/aromatic N) is 2. The van der Waals surface area contributed by atoms with E-state index in [2.05, 4.69) is 5.10 Å². The van der Waals surface area contributed by atoms with Crippen LogP contribution < -0.4 is 4.74 Å². The number of hydrogen-bond donors (Lipinski definition) is 1. The van der Waals surface area contributed by atoms with Gasteiger partial charge >= 0.3 is 0 Å². The van der Waals surface area contributed by atoms with Crippen LogP contribution in [0.5, 0.6) is 5.75 Å². The van der Waals surface area contributed by atoms with Crippen molar-refractivity contribution in [2.45, 2.75) is 19.4 Å². The molecule has 0 fully saturated rings. The number of hydrogen-bond acceptors (Lipinski definition) is 3. The van der Waals surface area contributed by atoms with E-state index in [1.807, 2.05) is 13.2 Å². The Morgan fingerprint density at radius 2 is 2.26 bits per heavy atom. The van der Waals surface area contributed by atoms with Crippen molar-refractivity contribution in [3.8, 4) is 5.75 Å². The number of halogens is 1. The molecule has 0 saturated carbocycles. The van der Waals surface area contributed by atoms with Gasteiger partial charge in [-0.05, 0) is 30.7 Å². The summed E-state index contributed by atoms with van der Waals surface area (Å²) in [6.07, 6.45) is 3.65. The zero-order chi connectivity index (χ0) is 13.8. The molecule has 0 saturated heterocycles. The van der Waals surface area contributed by atoms with Gasteiger partial charge in [-0.2, -0.15) is 5.10 Å². The van der Waals surface area contributed by atoms with Gasteiger partial charge in [0.2, 0.25) is 0 Å². The van der Waals surface area contributed by atoms with Gasteiger partial charge in [0.25, 0.3) is 0 Å². The maximum absolute atomic E-state index is 13.1. The molecule has 1 atom stereocenters. The number of benzene rings is 1. The van der Waals surface area contributed by atoms with Crippen molar-refractivity contribution < 1.29 is 14.2 Å². The third-order valence-corrected chi connectivity index (χ3v) is 2.83. The van der Waals surface area contributed by atoms with Crippen molar-refractivity contribution in [2.24, 2.45) is 7.05 Å². The highest BCUT2D eigenvalue weighted by molar-refractivity contribution is 5.35. The van der Waals surface area contributed by atoms with Gasteiger partial charge in [-0.3, -0.25) is 4.68 Å². The number of aromatic nitrogens is 2. The summed E-state index contributed by atoms with van der Waals surface area (Å²) in [4.78, 5) is 0. The average Bonchev–Trinajstić information content (AvgIpc) is 2.77. The maximum Gasteiger partial charge on any atom is 0.125 e. The molecule has 0 aliphatic carbocycles. The zero-order valence-corrected chi connectivity index (χ0v) is 11.0. The van der Waals surface area contributed by atoms with Crippen LogP contribution in [0.3, 0.4) is 0 Å². The van der Waals surface area contributed by atoms with Gasteiger partial charge in [-0.25, -0.2) is 4.39 Å². The Hall–Kier alpha value is -1.88. The summed E-state index contributed by atoms with van der Waals surface area (Å²) in [5.41, 5.74) is 1.54. The lowest BCUT2D eigenvalue weighted by Crippen LogP contribution is -2.05. The Morgan fingerprint density at radius 3 is 2.89 bits per heavy atom. The molecular weight excluding hydrogens is 247 g/mol. The summed E-state index contributed by atoms with van der Waals surface area (Å²) in [6.45, 7) is 2.04. The van der Waals surface area contributed by atoms with Gasteiger partial charge in [0, 0.05) is 25.2 Å². The molecule has 2 rings (SSSR count). The van der Waals surface area contributed by atoms with E-state index in [0.717, 1.165) is 5.56 Å². The van der Waals surface area contributed by atoms with Crippen LogP contribution in [0.2, 0.25) is 0 Å². The fourth-order valence-corrected chi connectivity index (χ4v) is 1.86. The van der Waals surface area contributed by atoms with Gasteiger partial charge in [-0.15, -0.1) is 0 Å².